The van der Waals surface area contributed by atoms with Gasteiger partial charge in [-0.3, -0.25) is 0 Å². The fourth-order valence-corrected chi connectivity index (χ4v) is 1.26. The summed E-state index contributed by atoms with van der Waals surface area (Å²) in [7, 11) is 0. The Labute approximate surface area is 65.7 Å². The molecule has 1 aromatic rings. The van der Waals surface area contributed by atoms with Gasteiger partial charge in [-0.1, -0.05) is 5.16 Å². The number of hydrogen-bond acceptors (Lipinski definition) is 2. The Hall–Kier alpha value is -1.25. The lowest BCUT2D eigenvalue weighted by molar-refractivity contribution is 0.319. The summed E-state index contributed by atoms with van der Waals surface area (Å²) in [5, 5.41) is 11.7. The number of aromatic nitrogens is 1. The van der Waals surface area contributed by atoms with Crippen LogP contribution >= 0.6 is 0 Å². The molecule has 0 fully saturated rings. The SMILES string of the molecule is C/C(=N/O)c1c(C)c[nH]c1C. The van der Waals surface area contributed by atoms with E-state index in [1.807, 2.05) is 20.0 Å². The van der Waals surface area contributed by atoms with Crippen LogP contribution in [0.1, 0.15) is 23.7 Å². The van der Waals surface area contributed by atoms with Crippen LogP contribution in [0.5, 0.6) is 0 Å². The van der Waals surface area contributed by atoms with Gasteiger partial charge in [-0.25, -0.2) is 0 Å². The predicted octanol–water partition coefficient (Wildman–Crippen LogP) is 1.83. The van der Waals surface area contributed by atoms with E-state index in [9.17, 15) is 0 Å². The Kier molecular flexibility index (Phi) is 1.98. The van der Waals surface area contributed by atoms with Crippen LogP contribution in [0.3, 0.4) is 0 Å². The molecular formula is C8H12N2O. The summed E-state index contributed by atoms with van der Waals surface area (Å²) in [5.41, 5.74) is 3.81. The highest BCUT2D eigenvalue weighted by Gasteiger charge is 2.06. The molecule has 0 aliphatic rings. The van der Waals surface area contributed by atoms with Gasteiger partial charge in [0.2, 0.25) is 0 Å². The molecule has 0 aliphatic heterocycles. The van der Waals surface area contributed by atoms with Gasteiger partial charge in [-0.15, -0.1) is 0 Å². The van der Waals surface area contributed by atoms with E-state index >= 15 is 0 Å². The molecular weight excluding hydrogens is 140 g/mol. The van der Waals surface area contributed by atoms with Gasteiger partial charge in [-0.05, 0) is 26.3 Å². The molecule has 0 spiro atoms. The van der Waals surface area contributed by atoms with Gasteiger partial charge in [-0.2, -0.15) is 0 Å². The standard InChI is InChI=1S/C8H12N2O/c1-5-4-9-6(2)8(5)7(3)10-11/h4,9,11H,1-3H3/b10-7-. The van der Waals surface area contributed by atoms with E-state index in [0.717, 1.165) is 16.8 Å². The second kappa shape index (κ2) is 2.78. The molecule has 0 amide bonds. The summed E-state index contributed by atoms with van der Waals surface area (Å²) >= 11 is 0. The largest absolute Gasteiger partial charge is 0.411 e. The molecule has 1 rings (SSSR count). The second-order valence-corrected chi connectivity index (χ2v) is 2.66. The summed E-state index contributed by atoms with van der Waals surface area (Å²) in [6, 6.07) is 0. The first-order valence-electron chi connectivity index (χ1n) is 3.50. The fraction of sp³-hybridized carbons (Fsp3) is 0.375. The molecule has 2 N–H and O–H groups in total. The van der Waals surface area contributed by atoms with Crippen LogP contribution in [-0.4, -0.2) is 15.9 Å². The third-order valence-corrected chi connectivity index (χ3v) is 1.79. The second-order valence-electron chi connectivity index (χ2n) is 2.66. The first-order chi connectivity index (χ1) is 5.16. The fourth-order valence-electron chi connectivity index (χ4n) is 1.26. The zero-order valence-corrected chi connectivity index (χ0v) is 6.97. The van der Waals surface area contributed by atoms with Crippen molar-refractivity contribution in [1.82, 2.24) is 4.98 Å². The first kappa shape index (κ1) is 7.85. The molecule has 1 aromatic heterocycles. The number of aryl methyl sites for hydroxylation is 2. The molecule has 3 nitrogen and oxygen atoms in total. The average molecular weight is 152 g/mol. The minimum atomic E-state index is 0.654. The molecule has 0 aliphatic carbocycles. The molecule has 0 radical (unpaired) electrons. The van der Waals surface area contributed by atoms with Crippen molar-refractivity contribution in [2.75, 3.05) is 0 Å². The van der Waals surface area contributed by atoms with E-state index in [0.29, 0.717) is 5.71 Å². The van der Waals surface area contributed by atoms with Crippen molar-refractivity contribution in [2.24, 2.45) is 5.16 Å². The maximum Gasteiger partial charge on any atom is 0.0857 e. The van der Waals surface area contributed by atoms with Gasteiger partial charge in [0, 0.05) is 17.5 Å². The summed E-state index contributed by atoms with van der Waals surface area (Å²) in [6.45, 7) is 5.72. The first-order valence-corrected chi connectivity index (χ1v) is 3.50. The lowest BCUT2D eigenvalue weighted by atomic mass is 10.1. The monoisotopic (exact) mass is 152 g/mol. The molecule has 0 unspecified atom stereocenters. The van der Waals surface area contributed by atoms with E-state index in [-0.39, 0.29) is 0 Å². The third kappa shape index (κ3) is 1.27. The van der Waals surface area contributed by atoms with E-state index in [1.54, 1.807) is 6.92 Å². The van der Waals surface area contributed by atoms with Crippen molar-refractivity contribution in [2.45, 2.75) is 20.8 Å². The van der Waals surface area contributed by atoms with Crippen LogP contribution in [0.15, 0.2) is 11.4 Å². The number of rotatable bonds is 1. The topological polar surface area (TPSA) is 48.4 Å². The van der Waals surface area contributed by atoms with E-state index in [2.05, 4.69) is 10.1 Å². The van der Waals surface area contributed by atoms with Crippen LogP contribution in [0, 0.1) is 13.8 Å². The van der Waals surface area contributed by atoms with Crippen LogP contribution in [0.4, 0.5) is 0 Å². The minimum absolute atomic E-state index is 0.654. The highest BCUT2D eigenvalue weighted by molar-refractivity contribution is 6.00. The van der Waals surface area contributed by atoms with Crippen LogP contribution in [-0.2, 0) is 0 Å². The van der Waals surface area contributed by atoms with Crippen LogP contribution in [0.25, 0.3) is 0 Å². The van der Waals surface area contributed by atoms with Crippen molar-refractivity contribution in [3.05, 3.63) is 23.0 Å². The van der Waals surface area contributed by atoms with Gasteiger partial charge >= 0.3 is 0 Å². The van der Waals surface area contributed by atoms with Crippen molar-refractivity contribution in [1.29, 1.82) is 0 Å². The quantitative estimate of drug-likeness (QED) is 0.360. The van der Waals surface area contributed by atoms with Gasteiger partial charge in [0.15, 0.2) is 0 Å². The number of oxime groups is 1. The van der Waals surface area contributed by atoms with Crippen LogP contribution in [0.2, 0.25) is 0 Å². The van der Waals surface area contributed by atoms with Gasteiger partial charge in [0.1, 0.15) is 0 Å². The van der Waals surface area contributed by atoms with Crippen molar-refractivity contribution < 1.29 is 5.21 Å². The molecule has 3 heteroatoms. The summed E-state index contributed by atoms with van der Waals surface area (Å²) < 4.78 is 0. The highest BCUT2D eigenvalue weighted by atomic mass is 16.4. The van der Waals surface area contributed by atoms with E-state index in [4.69, 9.17) is 5.21 Å². The van der Waals surface area contributed by atoms with Crippen molar-refractivity contribution in [3.63, 3.8) is 0 Å². The molecule has 11 heavy (non-hydrogen) atoms. The number of H-pyrrole nitrogens is 1. The Bertz CT molecular complexity index is 267. The molecule has 0 atom stereocenters. The van der Waals surface area contributed by atoms with E-state index < -0.39 is 0 Å². The van der Waals surface area contributed by atoms with Gasteiger partial charge in [0.25, 0.3) is 0 Å². The maximum atomic E-state index is 8.53. The lowest BCUT2D eigenvalue weighted by Crippen LogP contribution is -1.96. The Morgan fingerprint density at radius 2 is 2.18 bits per heavy atom. The highest BCUT2D eigenvalue weighted by Crippen LogP contribution is 2.12. The molecule has 0 bridgehead atoms. The minimum Gasteiger partial charge on any atom is -0.411 e. The zero-order chi connectivity index (χ0) is 8.43. The Morgan fingerprint density at radius 1 is 1.55 bits per heavy atom. The summed E-state index contributed by atoms with van der Waals surface area (Å²) in [5.74, 6) is 0. The van der Waals surface area contributed by atoms with Crippen molar-refractivity contribution in [3.8, 4) is 0 Å². The summed E-state index contributed by atoms with van der Waals surface area (Å²) in [6.07, 6.45) is 1.90. The normalized spacial score (nSPS) is 12.1. The smallest absolute Gasteiger partial charge is 0.0857 e. The molecule has 0 saturated carbocycles. The average Bonchev–Trinajstić information content (AvgIpc) is 2.30. The van der Waals surface area contributed by atoms with Crippen LogP contribution < -0.4 is 0 Å². The number of nitrogens with one attached hydrogen (secondary N) is 1. The Balaban J connectivity index is 3.21. The molecule has 60 valence electrons. The number of aromatic amines is 1. The number of hydrogen-bond donors (Lipinski definition) is 2. The van der Waals surface area contributed by atoms with Crippen molar-refractivity contribution >= 4 is 5.71 Å². The molecule has 0 saturated heterocycles. The molecule has 0 aromatic carbocycles. The van der Waals surface area contributed by atoms with Gasteiger partial charge < -0.3 is 10.2 Å². The van der Waals surface area contributed by atoms with Gasteiger partial charge in [0.05, 0.1) is 5.71 Å². The molecule has 1 heterocycles. The number of nitrogens with zero attached hydrogens (tertiary/aromatic N) is 1. The zero-order valence-electron chi connectivity index (χ0n) is 6.97. The van der Waals surface area contributed by atoms with E-state index in [1.165, 1.54) is 0 Å². The lowest BCUT2D eigenvalue weighted by Gasteiger charge is -1.97. The third-order valence-electron chi connectivity index (χ3n) is 1.79. The predicted molar refractivity (Wildman–Crippen MR) is 44.3 cm³/mol. The Morgan fingerprint density at radius 3 is 2.55 bits per heavy atom. The summed E-state index contributed by atoms with van der Waals surface area (Å²) in [4.78, 5) is 3.06. The maximum absolute atomic E-state index is 8.53.